The van der Waals surface area contributed by atoms with Gasteiger partial charge in [-0.1, -0.05) is 42.5 Å². The molecule has 0 aromatic heterocycles. The number of hydrogen-bond acceptors (Lipinski definition) is 3. The van der Waals surface area contributed by atoms with Crippen molar-refractivity contribution in [3.8, 4) is 11.5 Å². The summed E-state index contributed by atoms with van der Waals surface area (Å²) in [7, 11) is 3.17. The van der Waals surface area contributed by atoms with Crippen LogP contribution in [0.3, 0.4) is 0 Å². The van der Waals surface area contributed by atoms with E-state index in [-0.39, 0.29) is 5.91 Å². The van der Waals surface area contributed by atoms with Crippen LogP contribution in [-0.4, -0.2) is 20.1 Å². The molecule has 0 saturated heterocycles. The molecular formula is C21H19NO3. The van der Waals surface area contributed by atoms with E-state index in [9.17, 15) is 4.79 Å². The van der Waals surface area contributed by atoms with Gasteiger partial charge in [0.2, 0.25) is 5.91 Å². The average Bonchev–Trinajstić information content (AvgIpc) is 2.66. The number of carbonyl (C=O) groups excluding carboxylic acids is 1. The molecule has 4 heteroatoms. The lowest BCUT2D eigenvalue weighted by atomic mass is 10.1. The van der Waals surface area contributed by atoms with E-state index in [4.69, 9.17) is 9.47 Å². The van der Waals surface area contributed by atoms with Gasteiger partial charge in [-0.25, -0.2) is 0 Å². The minimum Gasteiger partial charge on any atom is -0.496 e. The van der Waals surface area contributed by atoms with E-state index in [2.05, 4.69) is 5.32 Å². The number of nitrogens with one attached hydrogen (secondary N) is 1. The number of carbonyl (C=O) groups is 1. The Balaban J connectivity index is 1.84. The largest absolute Gasteiger partial charge is 0.496 e. The van der Waals surface area contributed by atoms with Crippen LogP contribution in [0.25, 0.3) is 16.8 Å². The maximum atomic E-state index is 12.3. The van der Waals surface area contributed by atoms with Crippen molar-refractivity contribution >= 4 is 28.4 Å². The molecule has 126 valence electrons. The third-order valence-electron chi connectivity index (χ3n) is 3.91. The number of anilines is 1. The molecule has 25 heavy (non-hydrogen) atoms. The quantitative estimate of drug-likeness (QED) is 0.699. The number of ether oxygens (including phenoxy) is 2. The lowest BCUT2D eigenvalue weighted by Gasteiger charge is -2.10. The number of rotatable bonds is 5. The minimum atomic E-state index is -0.218. The zero-order valence-corrected chi connectivity index (χ0v) is 14.2. The first-order chi connectivity index (χ1) is 12.2. The van der Waals surface area contributed by atoms with Crippen molar-refractivity contribution in [1.29, 1.82) is 0 Å². The van der Waals surface area contributed by atoms with Gasteiger partial charge in [0.1, 0.15) is 11.5 Å². The molecule has 0 bridgehead atoms. The van der Waals surface area contributed by atoms with Crippen LogP contribution >= 0.6 is 0 Å². The fourth-order valence-electron chi connectivity index (χ4n) is 2.71. The van der Waals surface area contributed by atoms with E-state index >= 15 is 0 Å². The zero-order chi connectivity index (χ0) is 17.6. The normalized spacial score (nSPS) is 10.8. The fraction of sp³-hybridized carbons (Fsp3) is 0.0952. The van der Waals surface area contributed by atoms with Crippen molar-refractivity contribution < 1.29 is 14.3 Å². The van der Waals surface area contributed by atoms with Crippen molar-refractivity contribution in [3.63, 3.8) is 0 Å². The number of methoxy groups -OCH3 is 2. The lowest BCUT2D eigenvalue weighted by Crippen LogP contribution is -2.08. The number of amides is 1. The highest BCUT2D eigenvalue weighted by Gasteiger charge is 2.08. The Morgan fingerprint density at radius 1 is 0.880 bits per heavy atom. The summed E-state index contributed by atoms with van der Waals surface area (Å²) in [5.74, 6) is 1.08. The van der Waals surface area contributed by atoms with E-state index in [1.54, 1.807) is 20.3 Å². The number of fused-ring (bicyclic) bond motifs is 1. The molecular weight excluding hydrogens is 314 g/mol. The molecule has 3 aromatic carbocycles. The third-order valence-corrected chi connectivity index (χ3v) is 3.91. The first kappa shape index (κ1) is 16.6. The maximum absolute atomic E-state index is 12.3. The second-order valence-electron chi connectivity index (χ2n) is 5.43. The highest BCUT2D eigenvalue weighted by molar-refractivity contribution is 6.07. The standard InChI is InChI=1S/C21H19NO3/c1-24-19-11-6-12-20(25-2)17(19)13-14-21(23)22-18-10-5-8-15-7-3-4-9-16(15)18/h3-14H,1-2H3,(H,22,23)/b14-13+. The molecule has 0 radical (unpaired) electrons. The maximum Gasteiger partial charge on any atom is 0.248 e. The highest BCUT2D eigenvalue weighted by Crippen LogP contribution is 2.29. The average molecular weight is 333 g/mol. The summed E-state index contributed by atoms with van der Waals surface area (Å²) in [4.78, 5) is 12.3. The fourth-order valence-corrected chi connectivity index (χ4v) is 2.71. The summed E-state index contributed by atoms with van der Waals surface area (Å²) < 4.78 is 10.7. The van der Waals surface area contributed by atoms with Crippen LogP contribution in [0, 0.1) is 0 Å². The molecule has 3 rings (SSSR count). The Hall–Kier alpha value is -3.27. The molecule has 3 aromatic rings. The SMILES string of the molecule is COc1cccc(OC)c1/C=C/C(=O)Nc1cccc2ccccc12. The van der Waals surface area contributed by atoms with Gasteiger partial charge < -0.3 is 14.8 Å². The van der Waals surface area contributed by atoms with E-state index in [0.29, 0.717) is 11.5 Å². The summed E-state index contributed by atoms with van der Waals surface area (Å²) in [6.07, 6.45) is 3.17. The Labute approximate surface area is 146 Å². The number of benzene rings is 3. The van der Waals surface area contributed by atoms with Gasteiger partial charge in [-0.3, -0.25) is 4.79 Å². The second-order valence-corrected chi connectivity index (χ2v) is 5.43. The van der Waals surface area contributed by atoms with Crippen LogP contribution in [0.2, 0.25) is 0 Å². The summed E-state index contributed by atoms with van der Waals surface area (Å²) in [6, 6.07) is 19.2. The Morgan fingerprint density at radius 2 is 1.52 bits per heavy atom. The van der Waals surface area contributed by atoms with Gasteiger partial charge in [0, 0.05) is 17.1 Å². The van der Waals surface area contributed by atoms with Crippen molar-refractivity contribution in [2.24, 2.45) is 0 Å². The zero-order valence-electron chi connectivity index (χ0n) is 14.2. The Kier molecular flexibility index (Phi) is 5.00. The summed E-state index contributed by atoms with van der Waals surface area (Å²) in [5.41, 5.74) is 1.50. The van der Waals surface area contributed by atoms with Crippen LogP contribution in [0.15, 0.2) is 66.7 Å². The molecule has 1 N–H and O–H groups in total. The van der Waals surface area contributed by atoms with Gasteiger partial charge in [0.05, 0.1) is 19.8 Å². The summed E-state index contributed by atoms with van der Waals surface area (Å²) >= 11 is 0. The minimum absolute atomic E-state index is 0.218. The van der Waals surface area contributed by atoms with Gasteiger partial charge in [0.15, 0.2) is 0 Å². The van der Waals surface area contributed by atoms with Crippen LogP contribution < -0.4 is 14.8 Å². The Morgan fingerprint density at radius 3 is 2.24 bits per heavy atom. The van der Waals surface area contributed by atoms with Crippen LogP contribution in [0.1, 0.15) is 5.56 Å². The summed E-state index contributed by atoms with van der Waals surface area (Å²) in [6.45, 7) is 0. The van der Waals surface area contributed by atoms with Gasteiger partial charge in [-0.2, -0.15) is 0 Å². The molecule has 0 saturated carbocycles. The summed E-state index contributed by atoms with van der Waals surface area (Å²) in [5, 5.41) is 5.00. The third kappa shape index (κ3) is 3.63. The molecule has 4 nitrogen and oxygen atoms in total. The first-order valence-electron chi connectivity index (χ1n) is 7.90. The molecule has 0 heterocycles. The monoisotopic (exact) mass is 333 g/mol. The first-order valence-corrected chi connectivity index (χ1v) is 7.90. The van der Waals surface area contributed by atoms with Crippen molar-refractivity contribution in [2.75, 3.05) is 19.5 Å². The molecule has 0 spiro atoms. The van der Waals surface area contributed by atoms with Crippen LogP contribution in [0.4, 0.5) is 5.69 Å². The Bertz CT molecular complexity index is 904. The van der Waals surface area contributed by atoms with Gasteiger partial charge in [0.25, 0.3) is 0 Å². The molecule has 0 aliphatic rings. The predicted octanol–water partition coefficient (Wildman–Crippen LogP) is 4.51. The van der Waals surface area contributed by atoms with Crippen LogP contribution in [-0.2, 0) is 4.79 Å². The van der Waals surface area contributed by atoms with Crippen molar-refractivity contribution in [2.45, 2.75) is 0 Å². The molecule has 0 aliphatic heterocycles. The van der Waals surface area contributed by atoms with Gasteiger partial charge in [-0.15, -0.1) is 0 Å². The number of hydrogen-bond donors (Lipinski definition) is 1. The topological polar surface area (TPSA) is 47.6 Å². The molecule has 0 aliphatic carbocycles. The molecule has 0 atom stereocenters. The predicted molar refractivity (Wildman–Crippen MR) is 101 cm³/mol. The smallest absolute Gasteiger partial charge is 0.248 e. The second kappa shape index (κ2) is 7.53. The lowest BCUT2D eigenvalue weighted by molar-refractivity contribution is -0.111. The molecule has 1 amide bonds. The highest BCUT2D eigenvalue weighted by atomic mass is 16.5. The van der Waals surface area contributed by atoms with E-state index in [0.717, 1.165) is 22.0 Å². The van der Waals surface area contributed by atoms with E-state index in [1.807, 2.05) is 60.7 Å². The van der Waals surface area contributed by atoms with Crippen molar-refractivity contribution in [3.05, 3.63) is 72.3 Å². The molecule has 0 fully saturated rings. The van der Waals surface area contributed by atoms with Crippen molar-refractivity contribution in [1.82, 2.24) is 0 Å². The van der Waals surface area contributed by atoms with Crippen LogP contribution in [0.5, 0.6) is 11.5 Å². The van der Waals surface area contributed by atoms with Gasteiger partial charge in [-0.05, 0) is 29.7 Å². The van der Waals surface area contributed by atoms with E-state index < -0.39 is 0 Å². The van der Waals surface area contributed by atoms with Gasteiger partial charge >= 0.3 is 0 Å². The molecule has 0 unspecified atom stereocenters. The van der Waals surface area contributed by atoms with E-state index in [1.165, 1.54) is 6.08 Å².